The fourth-order valence-corrected chi connectivity index (χ4v) is 0.807. The number of aromatic nitrogens is 1. The lowest BCUT2D eigenvalue weighted by molar-refractivity contribution is 0.472. The van der Waals surface area contributed by atoms with E-state index in [-0.39, 0.29) is 5.75 Å². The zero-order valence-electron chi connectivity index (χ0n) is 6.78. The maximum absolute atomic E-state index is 9.07. The summed E-state index contributed by atoms with van der Waals surface area (Å²) in [4.78, 5) is 5.87. The van der Waals surface area contributed by atoms with Gasteiger partial charge in [-0.2, -0.15) is 0 Å². The second kappa shape index (κ2) is 3.23. The second-order valence-electron chi connectivity index (χ2n) is 2.42. The quantitative estimate of drug-likeness (QED) is 0.692. The summed E-state index contributed by atoms with van der Waals surface area (Å²) in [5, 5.41) is 9.07. The molecule has 0 aliphatic rings. The Morgan fingerprint density at radius 2 is 2.27 bits per heavy atom. The molecule has 0 radical (unpaired) electrons. The highest BCUT2D eigenvalue weighted by atomic mass is 16.3. The van der Waals surface area contributed by atoms with E-state index in [0.717, 1.165) is 12.2 Å². The topological polar surface area (TPSA) is 36.4 Å². The highest BCUT2D eigenvalue weighted by molar-refractivity contribution is 5.46. The van der Waals surface area contributed by atoms with Gasteiger partial charge in [-0.15, -0.1) is 0 Å². The molecule has 0 unspecified atom stereocenters. The van der Waals surface area contributed by atoms with Crippen molar-refractivity contribution in [2.45, 2.75) is 6.92 Å². The molecule has 0 fully saturated rings. The Kier molecular flexibility index (Phi) is 2.31. The molecule has 1 aromatic heterocycles. The highest BCUT2D eigenvalue weighted by Crippen LogP contribution is 2.15. The monoisotopic (exact) mass is 152 g/mol. The Bertz CT molecular complexity index is 237. The molecular weight excluding hydrogens is 140 g/mol. The summed E-state index contributed by atoms with van der Waals surface area (Å²) < 4.78 is 0. The Balaban J connectivity index is 2.86. The fourth-order valence-electron chi connectivity index (χ4n) is 0.807. The largest absolute Gasteiger partial charge is 0.506 e. The molecule has 1 rings (SSSR count). The van der Waals surface area contributed by atoms with Gasteiger partial charge < -0.3 is 10.0 Å². The highest BCUT2D eigenvalue weighted by Gasteiger charge is 1.97. The van der Waals surface area contributed by atoms with Crippen molar-refractivity contribution >= 4 is 5.69 Å². The van der Waals surface area contributed by atoms with Crippen LogP contribution in [0.4, 0.5) is 5.69 Å². The maximum Gasteiger partial charge on any atom is 0.135 e. The normalized spacial score (nSPS) is 9.64. The number of hydrogen-bond acceptors (Lipinski definition) is 3. The third-order valence-corrected chi connectivity index (χ3v) is 1.62. The van der Waals surface area contributed by atoms with Gasteiger partial charge in [0.15, 0.2) is 0 Å². The van der Waals surface area contributed by atoms with E-state index in [2.05, 4.69) is 4.98 Å². The van der Waals surface area contributed by atoms with E-state index in [4.69, 9.17) is 5.11 Å². The van der Waals surface area contributed by atoms with Crippen LogP contribution in [0.25, 0.3) is 0 Å². The molecule has 60 valence electrons. The number of aromatic hydroxyl groups is 1. The standard InChI is InChI=1S/C8H12N2O/c1-3-10(2)7-4-8(11)6-9-5-7/h4-6,11H,3H2,1-2H3. The van der Waals surface area contributed by atoms with Crippen LogP contribution < -0.4 is 4.90 Å². The lowest BCUT2D eigenvalue weighted by Crippen LogP contribution is -2.15. The van der Waals surface area contributed by atoms with Crippen LogP contribution >= 0.6 is 0 Å². The van der Waals surface area contributed by atoms with E-state index >= 15 is 0 Å². The summed E-state index contributed by atoms with van der Waals surface area (Å²) >= 11 is 0. The van der Waals surface area contributed by atoms with Gasteiger partial charge in [-0.05, 0) is 6.92 Å². The van der Waals surface area contributed by atoms with Gasteiger partial charge in [0.1, 0.15) is 5.75 Å². The Morgan fingerprint density at radius 3 is 2.82 bits per heavy atom. The third kappa shape index (κ3) is 1.83. The zero-order chi connectivity index (χ0) is 8.27. The first kappa shape index (κ1) is 7.85. The van der Waals surface area contributed by atoms with Crippen molar-refractivity contribution in [3.8, 4) is 5.75 Å². The van der Waals surface area contributed by atoms with E-state index in [1.54, 1.807) is 12.3 Å². The first-order valence-electron chi connectivity index (χ1n) is 3.59. The predicted molar refractivity (Wildman–Crippen MR) is 44.8 cm³/mol. The molecule has 0 saturated heterocycles. The number of anilines is 1. The van der Waals surface area contributed by atoms with E-state index in [9.17, 15) is 0 Å². The molecule has 1 heterocycles. The Hall–Kier alpha value is -1.25. The van der Waals surface area contributed by atoms with Gasteiger partial charge in [-0.3, -0.25) is 4.98 Å². The zero-order valence-corrected chi connectivity index (χ0v) is 6.78. The van der Waals surface area contributed by atoms with Crippen LogP contribution in [0.1, 0.15) is 6.92 Å². The smallest absolute Gasteiger partial charge is 0.135 e. The molecule has 1 N–H and O–H groups in total. The van der Waals surface area contributed by atoms with Gasteiger partial charge in [-0.25, -0.2) is 0 Å². The number of nitrogens with zero attached hydrogens (tertiary/aromatic N) is 2. The molecule has 0 aromatic carbocycles. The van der Waals surface area contributed by atoms with Crippen molar-refractivity contribution in [3.05, 3.63) is 18.5 Å². The number of hydrogen-bond donors (Lipinski definition) is 1. The molecule has 0 atom stereocenters. The summed E-state index contributed by atoms with van der Waals surface area (Å²) in [6, 6.07) is 1.69. The third-order valence-electron chi connectivity index (χ3n) is 1.62. The summed E-state index contributed by atoms with van der Waals surface area (Å²) in [6.45, 7) is 2.95. The minimum absolute atomic E-state index is 0.211. The Labute approximate surface area is 66.3 Å². The van der Waals surface area contributed by atoms with Gasteiger partial charge in [0.05, 0.1) is 18.1 Å². The van der Waals surface area contributed by atoms with Crippen LogP contribution in [0.2, 0.25) is 0 Å². The average molecular weight is 152 g/mol. The van der Waals surface area contributed by atoms with E-state index in [1.165, 1.54) is 6.20 Å². The van der Waals surface area contributed by atoms with Gasteiger partial charge in [-0.1, -0.05) is 0 Å². The summed E-state index contributed by atoms with van der Waals surface area (Å²) in [5.41, 5.74) is 0.938. The summed E-state index contributed by atoms with van der Waals surface area (Å²) in [6.07, 6.45) is 3.15. The van der Waals surface area contributed by atoms with Crippen LogP contribution in [-0.4, -0.2) is 23.7 Å². The number of rotatable bonds is 2. The molecule has 11 heavy (non-hydrogen) atoms. The van der Waals surface area contributed by atoms with Crippen LogP contribution in [0.3, 0.4) is 0 Å². The Morgan fingerprint density at radius 1 is 1.55 bits per heavy atom. The molecule has 0 spiro atoms. The maximum atomic E-state index is 9.07. The van der Waals surface area contributed by atoms with Crippen LogP contribution in [-0.2, 0) is 0 Å². The van der Waals surface area contributed by atoms with E-state index in [0.29, 0.717) is 0 Å². The molecular formula is C8H12N2O. The van der Waals surface area contributed by atoms with Crippen molar-refractivity contribution in [2.75, 3.05) is 18.5 Å². The lowest BCUT2D eigenvalue weighted by atomic mass is 10.3. The van der Waals surface area contributed by atoms with Gasteiger partial charge in [0, 0.05) is 19.7 Å². The van der Waals surface area contributed by atoms with Crippen molar-refractivity contribution in [1.29, 1.82) is 0 Å². The minimum atomic E-state index is 0.211. The average Bonchev–Trinajstić information content (AvgIpc) is 2.03. The summed E-state index contributed by atoms with van der Waals surface area (Å²) in [5.74, 6) is 0.211. The first-order chi connectivity index (χ1) is 5.24. The van der Waals surface area contributed by atoms with E-state index in [1.807, 2.05) is 18.9 Å². The van der Waals surface area contributed by atoms with Crippen molar-refractivity contribution in [2.24, 2.45) is 0 Å². The first-order valence-corrected chi connectivity index (χ1v) is 3.59. The van der Waals surface area contributed by atoms with Crippen LogP contribution in [0.15, 0.2) is 18.5 Å². The van der Waals surface area contributed by atoms with E-state index < -0.39 is 0 Å². The fraction of sp³-hybridized carbons (Fsp3) is 0.375. The van der Waals surface area contributed by atoms with Crippen molar-refractivity contribution in [3.63, 3.8) is 0 Å². The van der Waals surface area contributed by atoms with Crippen molar-refractivity contribution in [1.82, 2.24) is 4.98 Å². The van der Waals surface area contributed by atoms with Gasteiger partial charge in [0.2, 0.25) is 0 Å². The van der Waals surface area contributed by atoms with Gasteiger partial charge in [0.25, 0.3) is 0 Å². The summed E-state index contributed by atoms with van der Waals surface area (Å²) in [7, 11) is 1.95. The molecule has 3 heteroatoms. The molecule has 3 nitrogen and oxygen atoms in total. The van der Waals surface area contributed by atoms with Gasteiger partial charge >= 0.3 is 0 Å². The molecule has 0 saturated carbocycles. The lowest BCUT2D eigenvalue weighted by Gasteiger charge is -2.15. The molecule has 0 amide bonds. The minimum Gasteiger partial charge on any atom is -0.506 e. The van der Waals surface area contributed by atoms with Crippen molar-refractivity contribution < 1.29 is 5.11 Å². The second-order valence-corrected chi connectivity index (χ2v) is 2.42. The van der Waals surface area contributed by atoms with Crippen LogP contribution in [0.5, 0.6) is 5.75 Å². The molecule has 0 aliphatic heterocycles. The molecule has 0 aliphatic carbocycles. The van der Waals surface area contributed by atoms with Crippen LogP contribution in [0, 0.1) is 0 Å². The SMILES string of the molecule is CCN(C)c1cncc(O)c1. The molecule has 1 aromatic rings. The predicted octanol–water partition coefficient (Wildman–Crippen LogP) is 1.24. The number of pyridine rings is 1. The molecule has 0 bridgehead atoms.